The summed E-state index contributed by atoms with van der Waals surface area (Å²) in [6.07, 6.45) is 2.15. The summed E-state index contributed by atoms with van der Waals surface area (Å²) in [6.45, 7) is 5.43. The van der Waals surface area contributed by atoms with E-state index in [-0.39, 0.29) is 11.6 Å². The Kier molecular flexibility index (Phi) is 3.91. The number of carbonyl (C=O) groups is 1. The van der Waals surface area contributed by atoms with Gasteiger partial charge in [0.25, 0.3) is 11.6 Å². The van der Waals surface area contributed by atoms with Crippen LogP contribution in [0.15, 0.2) is 30.8 Å². The van der Waals surface area contributed by atoms with E-state index in [0.29, 0.717) is 11.1 Å². The molecule has 1 fully saturated rings. The van der Waals surface area contributed by atoms with E-state index in [1.165, 1.54) is 24.3 Å². The number of non-ortho nitro benzene ring substituents is 1. The standard InChI is InChI=1S/C13H15N3O3/c1-10(13(17)14-15-8-2-3-9-15)11-4-6-12(7-5-11)16(18)19/h4-7H,1-3,8-9H2,(H,14,17). The van der Waals surface area contributed by atoms with Crippen molar-refractivity contribution in [3.63, 3.8) is 0 Å². The molecule has 1 aliphatic heterocycles. The van der Waals surface area contributed by atoms with Crippen molar-refractivity contribution in [3.8, 4) is 0 Å². The van der Waals surface area contributed by atoms with Crippen molar-refractivity contribution >= 4 is 17.2 Å². The number of hydrazine groups is 1. The zero-order valence-electron chi connectivity index (χ0n) is 10.5. The lowest BCUT2D eigenvalue weighted by Gasteiger charge is -2.17. The fraction of sp³-hybridized carbons (Fsp3) is 0.308. The van der Waals surface area contributed by atoms with Gasteiger partial charge in [-0.05, 0) is 30.5 Å². The molecule has 19 heavy (non-hydrogen) atoms. The molecule has 0 saturated carbocycles. The highest BCUT2D eigenvalue weighted by Gasteiger charge is 2.17. The Bertz CT molecular complexity index is 504. The minimum absolute atomic E-state index is 0.00324. The Labute approximate surface area is 110 Å². The first kappa shape index (κ1) is 13.2. The van der Waals surface area contributed by atoms with Crippen molar-refractivity contribution in [2.45, 2.75) is 12.8 Å². The summed E-state index contributed by atoms with van der Waals surface area (Å²) in [5.74, 6) is -0.268. The second kappa shape index (κ2) is 5.62. The SMILES string of the molecule is C=C(C(=O)NN1CCCC1)c1ccc([N+](=O)[O-])cc1. The molecule has 1 heterocycles. The quantitative estimate of drug-likeness (QED) is 0.509. The molecule has 0 radical (unpaired) electrons. The first-order chi connectivity index (χ1) is 9.08. The van der Waals surface area contributed by atoms with Gasteiger partial charge in [-0.25, -0.2) is 5.01 Å². The molecular formula is C13H15N3O3. The molecule has 1 saturated heterocycles. The highest BCUT2D eigenvalue weighted by Crippen LogP contribution is 2.18. The molecule has 0 aromatic heterocycles. The van der Waals surface area contributed by atoms with Gasteiger partial charge in [0.2, 0.25) is 0 Å². The van der Waals surface area contributed by atoms with Crippen LogP contribution in [0, 0.1) is 10.1 Å². The van der Waals surface area contributed by atoms with Crippen LogP contribution in [0.4, 0.5) is 5.69 Å². The lowest BCUT2D eigenvalue weighted by atomic mass is 10.1. The Hall–Kier alpha value is -2.21. The van der Waals surface area contributed by atoms with Gasteiger partial charge in [0.1, 0.15) is 0 Å². The summed E-state index contributed by atoms with van der Waals surface area (Å²) in [5, 5.41) is 12.4. The molecule has 0 atom stereocenters. The summed E-state index contributed by atoms with van der Waals surface area (Å²) < 4.78 is 0. The monoisotopic (exact) mass is 261 g/mol. The number of amides is 1. The third-order valence-electron chi connectivity index (χ3n) is 3.07. The smallest absolute Gasteiger partial charge is 0.269 e. The highest BCUT2D eigenvalue weighted by molar-refractivity contribution is 6.18. The van der Waals surface area contributed by atoms with Crippen LogP contribution in [0.25, 0.3) is 5.57 Å². The summed E-state index contributed by atoms with van der Waals surface area (Å²) in [4.78, 5) is 22.0. The number of nitrogens with zero attached hydrogens (tertiary/aromatic N) is 2. The van der Waals surface area contributed by atoms with E-state index in [1.807, 2.05) is 5.01 Å². The number of nitrogens with one attached hydrogen (secondary N) is 1. The van der Waals surface area contributed by atoms with E-state index < -0.39 is 4.92 Å². The lowest BCUT2D eigenvalue weighted by Crippen LogP contribution is -2.40. The maximum absolute atomic E-state index is 11.9. The summed E-state index contributed by atoms with van der Waals surface area (Å²) >= 11 is 0. The van der Waals surface area contributed by atoms with Gasteiger partial charge in [-0.15, -0.1) is 0 Å². The second-order valence-electron chi connectivity index (χ2n) is 4.42. The van der Waals surface area contributed by atoms with Gasteiger partial charge in [0.05, 0.1) is 4.92 Å². The van der Waals surface area contributed by atoms with Gasteiger partial charge in [0.15, 0.2) is 0 Å². The number of rotatable bonds is 4. The van der Waals surface area contributed by atoms with Crippen molar-refractivity contribution in [1.29, 1.82) is 0 Å². The molecule has 0 bridgehead atoms. The Morgan fingerprint density at radius 1 is 1.26 bits per heavy atom. The Morgan fingerprint density at radius 2 is 1.84 bits per heavy atom. The number of hydrogen-bond acceptors (Lipinski definition) is 4. The third kappa shape index (κ3) is 3.17. The first-order valence-electron chi connectivity index (χ1n) is 6.07. The molecule has 1 aromatic carbocycles. The molecule has 1 N–H and O–H groups in total. The molecule has 1 aliphatic rings. The number of hydrogen-bond donors (Lipinski definition) is 1. The summed E-state index contributed by atoms with van der Waals surface area (Å²) in [5.41, 5.74) is 3.66. The van der Waals surface area contributed by atoms with E-state index in [9.17, 15) is 14.9 Å². The lowest BCUT2D eigenvalue weighted by molar-refractivity contribution is -0.384. The molecule has 0 aliphatic carbocycles. The molecule has 100 valence electrons. The van der Waals surface area contributed by atoms with Gasteiger partial charge in [-0.1, -0.05) is 6.58 Å². The Balaban J connectivity index is 2.01. The van der Waals surface area contributed by atoms with Crippen LogP contribution in [0.1, 0.15) is 18.4 Å². The minimum Gasteiger partial charge on any atom is -0.285 e. The van der Waals surface area contributed by atoms with Gasteiger partial charge in [-0.2, -0.15) is 0 Å². The van der Waals surface area contributed by atoms with E-state index in [4.69, 9.17) is 0 Å². The summed E-state index contributed by atoms with van der Waals surface area (Å²) in [6, 6.07) is 5.79. The van der Waals surface area contributed by atoms with E-state index in [1.54, 1.807) is 0 Å². The van der Waals surface area contributed by atoms with E-state index in [0.717, 1.165) is 25.9 Å². The Morgan fingerprint density at radius 3 is 2.37 bits per heavy atom. The zero-order chi connectivity index (χ0) is 13.8. The molecule has 2 rings (SSSR count). The topological polar surface area (TPSA) is 75.5 Å². The van der Waals surface area contributed by atoms with Crippen LogP contribution >= 0.6 is 0 Å². The predicted octanol–water partition coefficient (Wildman–Crippen LogP) is 1.74. The highest BCUT2D eigenvalue weighted by atomic mass is 16.6. The fourth-order valence-corrected chi connectivity index (χ4v) is 1.96. The van der Waals surface area contributed by atoms with Crippen LogP contribution in [0.5, 0.6) is 0 Å². The molecule has 0 spiro atoms. The maximum atomic E-state index is 11.9. The number of benzene rings is 1. The van der Waals surface area contributed by atoms with E-state index >= 15 is 0 Å². The van der Waals surface area contributed by atoms with Crippen molar-refractivity contribution in [1.82, 2.24) is 10.4 Å². The summed E-state index contributed by atoms with van der Waals surface area (Å²) in [7, 11) is 0. The van der Waals surface area contributed by atoms with Crippen molar-refractivity contribution in [2.24, 2.45) is 0 Å². The third-order valence-corrected chi connectivity index (χ3v) is 3.07. The molecule has 6 heteroatoms. The van der Waals surface area contributed by atoms with Crippen molar-refractivity contribution < 1.29 is 9.72 Å². The second-order valence-corrected chi connectivity index (χ2v) is 4.42. The van der Waals surface area contributed by atoms with Crippen LogP contribution in [0.3, 0.4) is 0 Å². The largest absolute Gasteiger partial charge is 0.285 e. The molecule has 0 unspecified atom stereocenters. The predicted molar refractivity (Wildman–Crippen MR) is 71.1 cm³/mol. The maximum Gasteiger partial charge on any atom is 0.269 e. The zero-order valence-corrected chi connectivity index (χ0v) is 10.5. The average Bonchev–Trinajstić information content (AvgIpc) is 2.90. The van der Waals surface area contributed by atoms with Crippen LogP contribution in [-0.2, 0) is 4.79 Å². The van der Waals surface area contributed by atoms with E-state index in [2.05, 4.69) is 12.0 Å². The molecular weight excluding hydrogens is 246 g/mol. The molecule has 1 aromatic rings. The number of carbonyl (C=O) groups excluding carboxylic acids is 1. The molecule has 1 amide bonds. The normalized spacial score (nSPS) is 15.2. The minimum atomic E-state index is -0.475. The molecule has 6 nitrogen and oxygen atoms in total. The fourth-order valence-electron chi connectivity index (χ4n) is 1.96. The van der Waals surface area contributed by atoms with Crippen molar-refractivity contribution in [2.75, 3.05) is 13.1 Å². The van der Waals surface area contributed by atoms with Gasteiger partial charge in [0, 0.05) is 30.8 Å². The van der Waals surface area contributed by atoms with Crippen LogP contribution in [-0.4, -0.2) is 28.9 Å². The number of nitro benzene ring substituents is 1. The average molecular weight is 261 g/mol. The van der Waals surface area contributed by atoms with Crippen LogP contribution < -0.4 is 5.43 Å². The van der Waals surface area contributed by atoms with Crippen LogP contribution in [0.2, 0.25) is 0 Å². The number of nitro groups is 1. The first-order valence-corrected chi connectivity index (χ1v) is 6.07. The van der Waals surface area contributed by atoms with Gasteiger partial charge in [-0.3, -0.25) is 20.3 Å². The van der Waals surface area contributed by atoms with Gasteiger partial charge >= 0.3 is 0 Å². The van der Waals surface area contributed by atoms with Crippen molar-refractivity contribution in [3.05, 3.63) is 46.5 Å². The van der Waals surface area contributed by atoms with Gasteiger partial charge < -0.3 is 0 Å².